The summed E-state index contributed by atoms with van der Waals surface area (Å²) in [5.41, 5.74) is 5.62. The first kappa shape index (κ1) is 29.9. The van der Waals surface area contributed by atoms with Crippen LogP contribution in [-0.4, -0.2) is 8.07 Å². The van der Waals surface area contributed by atoms with Gasteiger partial charge in [0.05, 0.1) is 0 Å². The molecule has 0 fully saturated rings. The molecule has 2 atom stereocenters. The van der Waals surface area contributed by atoms with Crippen molar-refractivity contribution in [3.8, 4) is 0 Å². The number of allylic oxidation sites excluding steroid dienone is 4. The molecule has 0 saturated carbocycles. The summed E-state index contributed by atoms with van der Waals surface area (Å²) < 4.78 is 0. The van der Waals surface area contributed by atoms with E-state index >= 15 is 0 Å². The van der Waals surface area contributed by atoms with E-state index in [1.54, 1.807) is 0 Å². The molecule has 0 N–H and O–H groups in total. The molecule has 0 amide bonds. The van der Waals surface area contributed by atoms with Gasteiger partial charge in [-0.05, 0) is 6.92 Å². The molecule has 2 aromatic rings. The third-order valence-electron chi connectivity index (χ3n) is 6.35. The first-order valence-electron chi connectivity index (χ1n) is 8.74. The molecule has 0 saturated heterocycles. The summed E-state index contributed by atoms with van der Waals surface area (Å²) in [4.78, 5) is 0. The Bertz CT molecular complexity index is 848. The van der Waals surface area contributed by atoms with Crippen molar-refractivity contribution in [2.24, 2.45) is 0 Å². The second kappa shape index (κ2) is 11.2. The van der Waals surface area contributed by atoms with E-state index in [4.69, 9.17) is 0 Å². The van der Waals surface area contributed by atoms with Crippen molar-refractivity contribution in [1.82, 2.24) is 0 Å². The summed E-state index contributed by atoms with van der Waals surface area (Å²) >= 11 is 0. The van der Waals surface area contributed by atoms with Gasteiger partial charge in [0.2, 0.25) is 0 Å². The molecular formula is C23H27Cl3SiTi. The normalized spacial score (nSPS) is 19.9. The molecule has 2 unspecified atom stereocenters. The molecule has 0 spiro atoms. The molecule has 0 heterocycles. The molecule has 1 aliphatic carbocycles. The van der Waals surface area contributed by atoms with E-state index in [1.165, 1.54) is 32.7 Å². The van der Waals surface area contributed by atoms with Gasteiger partial charge in [-0.3, -0.25) is 6.08 Å². The van der Waals surface area contributed by atoms with Gasteiger partial charge in [0.1, 0.15) is 8.07 Å². The summed E-state index contributed by atoms with van der Waals surface area (Å²) in [6.07, 6.45) is 3.90. The summed E-state index contributed by atoms with van der Waals surface area (Å²) in [6.45, 7) is 14.0. The quantitative estimate of drug-likeness (QED) is 0.308. The molecule has 0 nitrogen and oxygen atoms in total. The Labute approximate surface area is 205 Å². The second-order valence-corrected chi connectivity index (χ2v) is 11.8. The summed E-state index contributed by atoms with van der Waals surface area (Å²) in [5, 5.41) is 2.98. The average molecular weight is 486 g/mol. The minimum absolute atomic E-state index is 0. The van der Waals surface area contributed by atoms with Crippen molar-refractivity contribution < 1.29 is 58.9 Å². The molecule has 2 aromatic carbocycles. The van der Waals surface area contributed by atoms with Crippen LogP contribution in [0.15, 0.2) is 71.3 Å². The van der Waals surface area contributed by atoms with Crippen molar-refractivity contribution in [3.05, 3.63) is 83.0 Å². The van der Waals surface area contributed by atoms with Crippen LogP contribution in [0.1, 0.15) is 33.3 Å². The van der Waals surface area contributed by atoms with E-state index < -0.39 is 8.07 Å². The fourth-order valence-electron chi connectivity index (χ4n) is 4.34. The van der Waals surface area contributed by atoms with E-state index in [0.29, 0.717) is 0 Å². The fourth-order valence-corrected chi connectivity index (χ4v) is 9.30. The number of benzene rings is 2. The van der Waals surface area contributed by atoms with Gasteiger partial charge >= 0.3 is 21.7 Å². The average Bonchev–Trinajstić information content (AvgIpc) is 2.79. The molecule has 3 rings (SSSR count). The van der Waals surface area contributed by atoms with Gasteiger partial charge in [-0.2, -0.15) is 11.1 Å². The zero-order valence-corrected chi connectivity index (χ0v) is 22.2. The van der Waals surface area contributed by atoms with E-state index in [9.17, 15) is 0 Å². The van der Waals surface area contributed by atoms with Crippen molar-refractivity contribution in [3.63, 3.8) is 0 Å². The van der Waals surface area contributed by atoms with Gasteiger partial charge in [-0.1, -0.05) is 103 Å². The van der Waals surface area contributed by atoms with Gasteiger partial charge in [-0.15, -0.1) is 6.92 Å². The summed E-state index contributed by atoms with van der Waals surface area (Å²) in [5.74, 6) is 0. The van der Waals surface area contributed by atoms with Crippen LogP contribution in [0.25, 0.3) is 0 Å². The summed E-state index contributed by atoms with van der Waals surface area (Å²) in [7, 11) is -2.07. The van der Waals surface area contributed by atoms with Gasteiger partial charge in [0.25, 0.3) is 0 Å². The third kappa shape index (κ3) is 4.56. The van der Waals surface area contributed by atoms with Gasteiger partial charge in [0.15, 0.2) is 0 Å². The van der Waals surface area contributed by atoms with Crippen molar-refractivity contribution >= 4 is 18.4 Å². The van der Waals surface area contributed by atoms with Crippen molar-refractivity contribution in [2.75, 3.05) is 0 Å². The van der Waals surface area contributed by atoms with Crippen LogP contribution in [0, 0.1) is 13.0 Å². The Balaban J connectivity index is 0. The number of halogens is 3. The Morgan fingerprint density at radius 2 is 1.29 bits per heavy atom. The first-order chi connectivity index (χ1) is 11.3. The predicted octanol–water partition coefficient (Wildman–Crippen LogP) is -3.94. The maximum Gasteiger partial charge on any atom is 4.00 e. The SMILES string of the molecule is CC1=[C-]C(C)([Si](C)(c2ccccc2)c2ccccc2C)C(C)=C1C.[Cl-].[Cl-].[Cl-].[Ti+4]. The van der Waals surface area contributed by atoms with Crippen LogP contribution in [0.3, 0.4) is 0 Å². The monoisotopic (exact) mass is 484 g/mol. The topological polar surface area (TPSA) is 0 Å². The molecule has 1 aliphatic rings. The zero-order chi connectivity index (χ0) is 17.5. The molecule has 0 radical (unpaired) electrons. The first-order valence-corrected chi connectivity index (χ1v) is 11.2. The van der Waals surface area contributed by atoms with Crippen molar-refractivity contribution in [1.29, 1.82) is 0 Å². The zero-order valence-electron chi connectivity index (χ0n) is 17.3. The Morgan fingerprint density at radius 1 is 0.786 bits per heavy atom. The molecule has 28 heavy (non-hydrogen) atoms. The van der Waals surface area contributed by atoms with E-state index in [1.807, 2.05) is 0 Å². The van der Waals surface area contributed by atoms with Gasteiger partial charge in [0, 0.05) is 0 Å². The minimum atomic E-state index is -2.07. The van der Waals surface area contributed by atoms with Crippen LogP contribution in [0.5, 0.6) is 0 Å². The van der Waals surface area contributed by atoms with E-state index in [0.717, 1.165) is 0 Å². The second-order valence-electron chi connectivity index (χ2n) is 7.43. The number of aryl methyl sites for hydroxylation is 1. The number of hydrogen-bond donors (Lipinski definition) is 0. The largest absolute Gasteiger partial charge is 4.00 e. The Morgan fingerprint density at radius 3 is 1.75 bits per heavy atom. The van der Waals surface area contributed by atoms with Crippen LogP contribution >= 0.6 is 0 Å². The Kier molecular flexibility index (Phi) is 12.0. The van der Waals surface area contributed by atoms with E-state index in [-0.39, 0.29) is 64.0 Å². The fraction of sp³-hybridized carbons (Fsp3) is 0.304. The molecular weight excluding hydrogens is 459 g/mol. The number of rotatable bonds is 3. The van der Waals surface area contributed by atoms with Gasteiger partial charge < -0.3 is 37.2 Å². The van der Waals surface area contributed by atoms with Crippen LogP contribution < -0.4 is 47.6 Å². The van der Waals surface area contributed by atoms with E-state index in [2.05, 4.69) is 102 Å². The molecule has 0 aliphatic heterocycles. The molecule has 0 bridgehead atoms. The molecule has 0 aromatic heterocycles. The molecule has 5 heteroatoms. The predicted molar refractivity (Wildman–Crippen MR) is 108 cm³/mol. The smallest absolute Gasteiger partial charge is 1.00 e. The maximum absolute atomic E-state index is 3.90. The summed E-state index contributed by atoms with van der Waals surface area (Å²) in [6, 6.07) is 20.1. The van der Waals surface area contributed by atoms with Crippen molar-refractivity contribution in [2.45, 2.75) is 46.2 Å². The maximum atomic E-state index is 3.90. The van der Waals surface area contributed by atoms with Gasteiger partial charge in [-0.25, -0.2) is 5.57 Å². The van der Waals surface area contributed by atoms with Crippen LogP contribution in [0.2, 0.25) is 11.6 Å². The number of hydrogen-bond acceptors (Lipinski definition) is 0. The third-order valence-corrected chi connectivity index (χ3v) is 12.0. The Hall–Kier alpha value is -0.279. The molecule has 148 valence electrons. The van der Waals surface area contributed by atoms with Crippen LogP contribution in [-0.2, 0) is 21.7 Å². The minimum Gasteiger partial charge on any atom is -1.00 e. The van der Waals surface area contributed by atoms with Crippen LogP contribution in [0.4, 0.5) is 0 Å². The standard InChI is InChI=1S/C23H27Si.3ClH.Ti/c1-17-12-10-11-15-22(17)24(6,21-13-8-7-9-14-21)23(5)16-18(2)19(3)20(23)4;;;;/h7-15H,1-6H3;3*1H;/q-1;;;;+4/p-3.